The Hall–Kier alpha value is -7.60. The molecule has 75 heavy (non-hydrogen) atoms. The van der Waals surface area contributed by atoms with Gasteiger partial charge in [-0.3, -0.25) is 14.4 Å². The lowest BCUT2D eigenvalue weighted by Crippen LogP contribution is -2.13. The number of carboxylic acids is 1. The lowest BCUT2D eigenvalue weighted by Gasteiger charge is -2.05. The topological polar surface area (TPSA) is 191 Å². The van der Waals surface area contributed by atoms with Crippen LogP contribution in [-0.4, -0.2) is 54.3 Å². The summed E-state index contributed by atoms with van der Waals surface area (Å²) < 4.78 is 9.49. The van der Waals surface area contributed by atoms with E-state index >= 15 is 0 Å². The number of methoxy groups -OCH3 is 2. The van der Waals surface area contributed by atoms with Crippen LogP contribution in [0.15, 0.2) is 182 Å². The number of halogens is 4. The lowest BCUT2D eigenvalue weighted by atomic mass is 10.2. The molecule has 0 spiro atoms. The number of benzene rings is 6. The molecule has 6 aromatic carbocycles. The largest absolute Gasteiger partial charge is 0.477 e. The van der Waals surface area contributed by atoms with E-state index in [0.29, 0.717) is 52.9 Å². The van der Waals surface area contributed by atoms with Crippen LogP contribution < -0.4 is 16.4 Å². The number of carbonyl (C=O) groups excluding carboxylic acids is 5. The second-order valence-electron chi connectivity index (χ2n) is 15.2. The molecule has 0 aliphatic carbocycles. The summed E-state index contributed by atoms with van der Waals surface area (Å²) >= 11 is 26.1. The molecule has 0 radical (unpaired) electrons. The Balaban J connectivity index is 0.000000170. The Morgan fingerprint density at radius 1 is 0.453 bits per heavy atom. The standard InChI is InChI=1S/C19H14ClNO3S.C18H12ClNO3S.C12H11NO2S.C7H4Cl2O/c1-24-19(23)17-15(11-16(25-17)12-5-3-2-4-6-12)21-18(22)13-7-9-14(20)10-8-13;19-13-8-6-12(7-9-13)17(21)20-14-10-15(24-16(14)18(22)23)11-4-2-1-3-5-11;1-15-12(14)11-9(13)7-10(16-11)8-5-3-2-4-6-8;8-6-3-1-5(2-4-6)7(9)10/h2-11H,1H3,(H,21,22);1-10H,(H,20,21)(H,22,23);2-7H,13H2,1H3;1-4H. The molecule has 0 aliphatic rings. The van der Waals surface area contributed by atoms with E-state index in [4.69, 9.17) is 56.9 Å². The minimum absolute atomic E-state index is 0.0937. The maximum Gasteiger partial charge on any atom is 0.350 e. The van der Waals surface area contributed by atoms with Crippen LogP contribution in [-0.2, 0) is 9.47 Å². The van der Waals surface area contributed by atoms with Gasteiger partial charge >= 0.3 is 17.9 Å². The molecule has 0 unspecified atom stereocenters. The average Bonchev–Trinajstić information content (AvgIpc) is 4.17. The number of thiophene rings is 3. The molecular weight excluding hydrogens is 1100 g/mol. The quantitative estimate of drug-likeness (QED) is 0.0716. The molecule has 0 saturated heterocycles. The fraction of sp³-hybridized carbons (Fsp3) is 0.0357. The molecule has 0 atom stereocenters. The Labute approximate surface area is 462 Å². The smallest absolute Gasteiger partial charge is 0.350 e. The SMILES string of the molecule is COC(=O)c1sc(-c2ccccc2)cc1N.COC(=O)c1sc(-c2ccccc2)cc1NC(=O)c1ccc(Cl)cc1.O=C(Cl)c1ccc(Cl)cc1.O=C(Nc1cc(-c2ccccc2)sc1C(=O)O)c1ccc(Cl)cc1. The Morgan fingerprint density at radius 2 is 0.773 bits per heavy atom. The van der Waals surface area contributed by atoms with Crippen LogP contribution in [0.5, 0.6) is 0 Å². The van der Waals surface area contributed by atoms with Gasteiger partial charge in [0.1, 0.15) is 14.6 Å². The van der Waals surface area contributed by atoms with E-state index in [1.807, 2.05) is 91.0 Å². The van der Waals surface area contributed by atoms with Gasteiger partial charge in [-0.1, -0.05) is 126 Å². The van der Waals surface area contributed by atoms with Gasteiger partial charge in [0, 0.05) is 46.4 Å². The van der Waals surface area contributed by atoms with Gasteiger partial charge in [-0.15, -0.1) is 34.0 Å². The van der Waals surface area contributed by atoms with Crippen LogP contribution in [0, 0.1) is 0 Å². The maximum absolute atomic E-state index is 12.4. The fourth-order valence-electron chi connectivity index (χ4n) is 6.43. The highest BCUT2D eigenvalue weighted by Gasteiger charge is 2.21. The van der Waals surface area contributed by atoms with Crippen molar-refractivity contribution < 1.29 is 43.3 Å². The molecule has 9 rings (SSSR count). The van der Waals surface area contributed by atoms with Crippen LogP contribution in [0.1, 0.15) is 60.1 Å². The molecular formula is C56H41Cl4N3O9S3. The number of esters is 2. The van der Waals surface area contributed by atoms with E-state index in [2.05, 4.69) is 15.4 Å². The van der Waals surface area contributed by atoms with Crippen molar-refractivity contribution in [3.8, 4) is 31.3 Å². The summed E-state index contributed by atoms with van der Waals surface area (Å²) in [5, 5.41) is 16.0. The first-order chi connectivity index (χ1) is 36.0. The molecule has 12 nitrogen and oxygen atoms in total. The van der Waals surface area contributed by atoms with E-state index in [9.17, 15) is 33.9 Å². The van der Waals surface area contributed by atoms with Gasteiger partial charge in [0.2, 0.25) is 0 Å². The molecule has 380 valence electrons. The number of anilines is 3. The van der Waals surface area contributed by atoms with Gasteiger partial charge < -0.3 is 30.9 Å². The predicted octanol–water partition coefficient (Wildman–Crippen LogP) is 15.6. The predicted molar refractivity (Wildman–Crippen MR) is 304 cm³/mol. The van der Waals surface area contributed by atoms with Crippen LogP contribution in [0.3, 0.4) is 0 Å². The molecule has 3 heterocycles. The van der Waals surface area contributed by atoms with Crippen LogP contribution >= 0.6 is 80.4 Å². The highest BCUT2D eigenvalue weighted by molar-refractivity contribution is 7.18. The van der Waals surface area contributed by atoms with Crippen LogP contribution in [0.25, 0.3) is 31.3 Å². The van der Waals surface area contributed by atoms with E-state index in [-0.39, 0.29) is 28.3 Å². The second-order valence-corrected chi connectivity index (χ2v) is 20.0. The number of hydrogen-bond donors (Lipinski definition) is 4. The Kier molecular flexibility index (Phi) is 20.9. The van der Waals surface area contributed by atoms with Crippen molar-refractivity contribution >= 4 is 132 Å². The molecule has 0 bridgehead atoms. The number of nitrogen functional groups attached to an aromatic ring is 1. The second kappa shape index (κ2) is 27.6. The van der Waals surface area contributed by atoms with Crippen molar-refractivity contribution in [2.75, 3.05) is 30.6 Å². The number of amides is 2. The highest BCUT2D eigenvalue weighted by atomic mass is 35.5. The molecule has 0 fully saturated rings. The monoisotopic (exact) mass is 1140 g/mol. The minimum Gasteiger partial charge on any atom is -0.477 e. The summed E-state index contributed by atoms with van der Waals surface area (Å²) in [6.45, 7) is 0. The first-order valence-electron chi connectivity index (χ1n) is 21.9. The number of ether oxygens (including phenoxy) is 2. The summed E-state index contributed by atoms with van der Waals surface area (Å²) in [7, 11) is 2.67. The van der Waals surface area contributed by atoms with Crippen molar-refractivity contribution in [1.82, 2.24) is 0 Å². The van der Waals surface area contributed by atoms with Gasteiger partial charge in [-0.05, 0) is 119 Å². The normalized spacial score (nSPS) is 10.2. The first kappa shape index (κ1) is 56.7. The van der Waals surface area contributed by atoms with Gasteiger partial charge in [0.15, 0.2) is 0 Å². The zero-order chi connectivity index (χ0) is 54.0. The summed E-state index contributed by atoms with van der Waals surface area (Å²) in [6, 6.07) is 53.4. The zero-order valence-electron chi connectivity index (χ0n) is 39.3. The van der Waals surface area contributed by atoms with Crippen molar-refractivity contribution in [2.24, 2.45) is 0 Å². The number of rotatable bonds is 11. The Morgan fingerprint density at radius 3 is 1.13 bits per heavy atom. The van der Waals surface area contributed by atoms with Gasteiger partial charge in [0.05, 0.1) is 31.3 Å². The molecule has 9 aromatic rings. The zero-order valence-corrected chi connectivity index (χ0v) is 44.8. The number of carbonyl (C=O) groups is 6. The fourth-order valence-corrected chi connectivity index (χ4v) is 9.94. The Bertz CT molecular complexity index is 3410. The number of hydrogen-bond acceptors (Lipinski definition) is 12. The molecule has 2 amide bonds. The summed E-state index contributed by atoms with van der Waals surface area (Å²) in [6.07, 6.45) is 0. The van der Waals surface area contributed by atoms with Crippen molar-refractivity contribution in [2.45, 2.75) is 0 Å². The van der Waals surface area contributed by atoms with Crippen molar-refractivity contribution in [3.63, 3.8) is 0 Å². The van der Waals surface area contributed by atoms with Crippen LogP contribution in [0.4, 0.5) is 17.1 Å². The average molecular weight is 1140 g/mol. The van der Waals surface area contributed by atoms with E-state index in [1.165, 1.54) is 36.9 Å². The van der Waals surface area contributed by atoms with E-state index in [0.717, 1.165) is 42.7 Å². The van der Waals surface area contributed by atoms with Gasteiger partial charge in [0.25, 0.3) is 17.1 Å². The number of nitrogens with two attached hydrogens (primary N) is 1. The summed E-state index contributed by atoms with van der Waals surface area (Å²) in [5.74, 6) is -2.65. The van der Waals surface area contributed by atoms with Gasteiger partial charge in [-0.25, -0.2) is 14.4 Å². The van der Waals surface area contributed by atoms with Gasteiger partial charge in [-0.2, -0.15) is 0 Å². The van der Waals surface area contributed by atoms with E-state index in [1.54, 1.807) is 91.0 Å². The highest BCUT2D eigenvalue weighted by Crippen LogP contribution is 2.37. The lowest BCUT2D eigenvalue weighted by molar-refractivity contribution is 0.0598. The summed E-state index contributed by atoms with van der Waals surface area (Å²) in [4.78, 5) is 73.7. The third-order valence-electron chi connectivity index (χ3n) is 10.1. The summed E-state index contributed by atoms with van der Waals surface area (Å²) in [5.41, 5.74) is 11.2. The minimum atomic E-state index is -1.08. The van der Waals surface area contributed by atoms with Crippen molar-refractivity contribution in [3.05, 3.63) is 228 Å². The maximum atomic E-state index is 12.4. The number of aromatic carboxylic acids is 1. The molecule has 3 aromatic heterocycles. The van der Waals surface area contributed by atoms with E-state index < -0.39 is 17.2 Å². The molecule has 0 saturated carbocycles. The number of nitrogens with one attached hydrogen (secondary N) is 2. The molecule has 19 heteroatoms. The third-order valence-corrected chi connectivity index (χ3v) is 14.6. The first-order valence-corrected chi connectivity index (χ1v) is 25.8. The molecule has 0 aliphatic heterocycles. The third kappa shape index (κ3) is 16.2. The number of carboxylic acid groups (broad SMARTS) is 1. The van der Waals surface area contributed by atoms with Crippen molar-refractivity contribution in [1.29, 1.82) is 0 Å². The van der Waals surface area contributed by atoms with Crippen LogP contribution in [0.2, 0.25) is 15.1 Å². The molecule has 5 N–H and O–H groups in total.